The Bertz CT molecular complexity index is 646. The van der Waals surface area contributed by atoms with Crippen LogP contribution in [0.1, 0.15) is 54.4 Å². The van der Waals surface area contributed by atoms with Gasteiger partial charge in [0.2, 0.25) is 5.91 Å². The number of piperidine rings is 1. The maximum absolute atomic E-state index is 12.5. The van der Waals surface area contributed by atoms with Crippen molar-refractivity contribution >= 4 is 23.6 Å². The summed E-state index contributed by atoms with van der Waals surface area (Å²) in [7, 11) is 0. The second-order valence-electron chi connectivity index (χ2n) is 7.03. The van der Waals surface area contributed by atoms with Crippen LogP contribution in [-0.4, -0.2) is 40.9 Å². The lowest BCUT2D eigenvalue weighted by Gasteiger charge is -2.38. The Morgan fingerprint density at radius 2 is 1.92 bits per heavy atom. The Labute approximate surface area is 146 Å². The molecule has 1 amide bonds. The highest BCUT2D eigenvalue weighted by Gasteiger charge is 2.47. The van der Waals surface area contributed by atoms with Gasteiger partial charge in [0.1, 0.15) is 5.60 Å². The Morgan fingerprint density at radius 3 is 2.67 bits per heavy atom. The number of rotatable bonds is 3. The molecule has 1 aromatic rings. The summed E-state index contributed by atoms with van der Waals surface area (Å²) in [6.45, 7) is 1.34. The fraction of sp³-hybridized carbons (Fsp3) is 0.579. The average Bonchev–Trinajstić information content (AvgIpc) is 3.22. The van der Waals surface area contributed by atoms with E-state index in [-0.39, 0.29) is 11.9 Å². The normalized spacial score (nSPS) is 22.7. The first-order valence-corrected chi connectivity index (χ1v) is 9.95. The van der Waals surface area contributed by atoms with Gasteiger partial charge in [-0.2, -0.15) is 0 Å². The van der Waals surface area contributed by atoms with Crippen molar-refractivity contribution < 1.29 is 14.3 Å². The molecule has 1 spiro atoms. The van der Waals surface area contributed by atoms with Gasteiger partial charge in [0.05, 0.1) is 11.3 Å². The Balaban J connectivity index is 1.37. The standard InChI is InChI=1S/C19H23NO3S/c21-17(13-24-14-5-1-2-6-14)20-11-9-19(10-12-20)16-8-4-3-7-15(16)18(22)23-19/h3-4,7-8,14H,1-2,5-6,9-13H2. The third kappa shape index (κ3) is 2.83. The van der Waals surface area contributed by atoms with Crippen LogP contribution in [0.5, 0.6) is 0 Å². The second-order valence-corrected chi connectivity index (χ2v) is 8.32. The van der Waals surface area contributed by atoms with Crippen LogP contribution in [0.15, 0.2) is 24.3 Å². The van der Waals surface area contributed by atoms with Crippen LogP contribution >= 0.6 is 11.8 Å². The number of esters is 1. The molecule has 2 aliphatic heterocycles. The zero-order chi connectivity index (χ0) is 16.6. The molecule has 0 bridgehead atoms. The quantitative estimate of drug-likeness (QED) is 0.788. The molecule has 0 atom stereocenters. The molecule has 1 aromatic carbocycles. The number of thioether (sulfide) groups is 1. The van der Waals surface area contributed by atoms with Crippen molar-refractivity contribution in [2.75, 3.05) is 18.8 Å². The van der Waals surface area contributed by atoms with Gasteiger partial charge in [-0.3, -0.25) is 4.79 Å². The second kappa shape index (κ2) is 6.43. The predicted octanol–water partition coefficient (Wildman–Crippen LogP) is 3.35. The number of hydrogen-bond donors (Lipinski definition) is 0. The number of carbonyl (C=O) groups excluding carboxylic acids is 2. The molecule has 4 rings (SSSR count). The van der Waals surface area contributed by atoms with Gasteiger partial charge < -0.3 is 9.64 Å². The van der Waals surface area contributed by atoms with Crippen molar-refractivity contribution in [3.8, 4) is 0 Å². The van der Waals surface area contributed by atoms with Crippen LogP contribution in [-0.2, 0) is 15.1 Å². The van der Waals surface area contributed by atoms with E-state index in [1.165, 1.54) is 25.7 Å². The lowest BCUT2D eigenvalue weighted by molar-refractivity contribution is -0.132. The summed E-state index contributed by atoms with van der Waals surface area (Å²) in [5.41, 5.74) is 1.18. The van der Waals surface area contributed by atoms with Gasteiger partial charge in [-0.25, -0.2) is 4.79 Å². The van der Waals surface area contributed by atoms with E-state index in [2.05, 4.69) is 0 Å². The number of hydrogen-bond acceptors (Lipinski definition) is 4. The number of ether oxygens (including phenoxy) is 1. The fourth-order valence-corrected chi connectivity index (χ4v) is 5.40. The summed E-state index contributed by atoms with van der Waals surface area (Å²) in [6.07, 6.45) is 6.54. The fourth-order valence-electron chi connectivity index (χ4n) is 4.17. The largest absolute Gasteiger partial charge is 0.450 e. The van der Waals surface area contributed by atoms with Crippen molar-refractivity contribution in [3.05, 3.63) is 35.4 Å². The SMILES string of the molecule is O=C1OC2(CCN(C(=O)CSC3CCCC3)CC2)c2ccccc21. The number of likely N-dealkylation sites (tertiary alicyclic amines) is 1. The third-order valence-corrected chi connectivity index (χ3v) is 6.95. The van der Waals surface area contributed by atoms with E-state index in [0.717, 1.165) is 5.56 Å². The molecular weight excluding hydrogens is 322 g/mol. The molecule has 2 heterocycles. The van der Waals surface area contributed by atoms with E-state index in [0.29, 0.717) is 42.5 Å². The van der Waals surface area contributed by atoms with E-state index in [1.807, 2.05) is 40.9 Å². The van der Waals surface area contributed by atoms with Gasteiger partial charge in [0.25, 0.3) is 0 Å². The molecule has 24 heavy (non-hydrogen) atoms. The summed E-state index contributed by atoms with van der Waals surface area (Å²) in [5, 5.41) is 0.674. The van der Waals surface area contributed by atoms with Crippen molar-refractivity contribution in [2.24, 2.45) is 0 Å². The van der Waals surface area contributed by atoms with Crippen LogP contribution in [0.4, 0.5) is 0 Å². The van der Waals surface area contributed by atoms with Crippen LogP contribution < -0.4 is 0 Å². The average molecular weight is 345 g/mol. The van der Waals surface area contributed by atoms with E-state index in [9.17, 15) is 9.59 Å². The van der Waals surface area contributed by atoms with Gasteiger partial charge in [-0.05, 0) is 18.9 Å². The molecule has 2 fully saturated rings. The third-order valence-electron chi connectivity index (χ3n) is 5.59. The van der Waals surface area contributed by atoms with Crippen molar-refractivity contribution in [3.63, 3.8) is 0 Å². The number of nitrogens with zero attached hydrogens (tertiary/aromatic N) is 1. The molecule has 3 aliphatic rings. The van der Waals surface area contributed by atoms with E-state index in [4.69, 9.17) is 4.74 Å². The summed E-state index contributed by atoms with van der Waals surface area (Å²) in [4.78, 5) is 26.5. The highest BCUT2D eigenvalue weighted by atomic mass is 32.2. The highest BCUT2D eigenvalue weighted by Crippen LogP contribution is 2.44. The molecule has 0 aromatic heterocycles. The first kappa shape index (κ1) is 16.0. The molecule has 0 N–H and O–H groups in total. The molecule has 1 saturated heterocycles. The predicted molar refractivity (Wildman–Crippen MR) is 94.1 cm³/mol. The molecule has 5 heteroatoms. The van der Waals surface area contributed by atoms with Crippen LogP contribution in [0, 0.1) is 0 Å². The zero-order valence-electron chi connectivity index (χ0n) is 13.8. The van der Waals surface area contributed by atoms with E-state index >= 15 is 0 Å². The number of fused-ring (bicyclic) bond motifs is 2. The van der Waals surface area contributed by atoms with Gasteiger partial charge in [0.15, 0.2) is 0 Å². The summed E-state index contributed by atoms with van der Waals surface area (Å²) < 4.78 is 5.75. The molecule has 1 aliphatic carbocycles. The Morgan fingerprint density at radius 1 is 1.21 bits per heavy atom. The zero-order valence-corrected chi connectivity index (χ0v) is 14.6. The molecular formula is C19H23NO3S. The van der Waals surface area contributed by atoms with Crippen LogP contribution in [0.2, 0.25) is 0 Å². The van der Waals surface area contributed by atoms with Crippen LogP contribution in [0.25, 0.3) is 0 Å². The maximum atomic E-state index is 12.5. The summed E-state index contributed by atoms with van der Waals surface area (Å²) in [6, 6.07) is 7.66. The van der Waals surface area contributed by atoms with Gasteiger partial charge >= 0.3 is 5.97 Å². The smallest absolute Gasteiger partial charge is 0.339 e. The minimum atomic E-state index is -0.511. The minimum Gasteiger partial charge on any atom is -0.450 e. The molecule has 0 unspecified atom stereocenters. The Hall–Kier alpha value is -1.49. The van der Waals surface area contributed by atoms with Crippen molar-refractivity contribution in [1.82, 2.24) is 4.90 Å². The molecule has 128 valence electrons. The van der Waals surface area contributed by atoms with Gasteiger partial charge in [-0.1, -0.05) is 31.0 Å². The van der Waals surface area contributed by atoms with Crippen LogP contribution in [0.3, 0.4) is 0 Å². The minimum absolute atomic E-state index is 0.220. The molecule has 1 saturated carbocycles. The maximum Gasteiger partial charge on any atom is 0.339 e. The van der Waals surface area contributed by atoms with Crippen molar-refractivity contribution in [1.29, 1.82) is 0 Å². The monoisotopic (exact) mass is 345 g/mol. The van der Waals surface area contributed by atoms with Gasteiger partial charge in [0, 0.05) is 36.7 Å². The highest BCUT2D eigenvalue weighted by molar-refractivity contribution is 8.00. The van der Waals surface area contributed by atoms with Crippen molar-refractivity contribution in [2.45, 2.75) is 49.4 Å². The van der Waals surface area contributed by atoms with E-state index < -0.39 is 5.60 Å². The summed E-state index contributed by atoms with van der Waals surface area (Å²) >= 11 is 1.82. The first-order valence-electron chi connectivity index (χ1n) is 8.90. The summed E-state index contributed by atoms with van der Waals surface area (Å²) in [5.74, 6) is 0.607. The topological polar surface area (TPSA) is 46.6 Å². The molecule has 4 nitrogen and oxygen atoms in total. The molecule has 0 radical (unpaired) electrons. The number of carbonyl (C=O) groups is 2. The van der Waals surface area contributed by atoms with E-state index in [1.54, 1.807) is 0 Å². The first-order chi connectivity index (χ1) is 11.7. The number of benzene rings is 1. The lowest BCUT2D eigenvalue weighted by Crippen LogP contribution is -2.46. The Kier molecular flexibility index (Phi) is 4.29. The van der Waals surface area contributed by atoms with Gasteiger partial charge in [-0.15, -0.1) is 11.8 Å². The number of amides is 1. The lowest BCUT2D eigenvalue weighted by atomic mass is 9.84.